The second kappa shape index (κ2) is 8.51. The molecule has 0 aliphatic heterocycles. The van der Waals surface area contributed by atoms with Crippen LogP contribution in [0.4, 0.5) is 0 Å². The van der Waals surface area contributed by atoms with Crippen molar-refractivity contribution < 1.29 is 9.21 Å². The predicted molar refractivity (Wildman–Crippen MR) is 124 cm³/mol. The quantitative estimate of drug-likeness (QED) is 0.356. The summed E-state index contributed by atoms with van der Waals surface area (Å²) in [4.78, 5) is 20.2. The van der Waals surface area contributed by atoms with Crippen LogP contribution >= 0.6 is 11.8 Å². The third-order valence-electron chi connectivity index (χ3n) is 5.27. The molecule has 8 nitrogen and oxygen atoms in total. The summed E-state index contributed by atoms with van der Waals surface area (Å²) >= 11 is 1.21. The lowest BCUT2D eigenvalue weighted by Crippen LogP contribution is -2.28. The van der Waals surface area contributed by atoms with Crippen LogP contribution in [0.5, 0.6) is 0 Å². The molecule has 32 heavy (non-hydrogen) atoms. The molecule has 0 aliphatic carbocycles. The second-order valence-corrected chi connectivity index (χ2v) is 8.35. The van der Waals surface area contributed by atoms with Gasteiger partial charge in [0, 0.05) is 17.4 Å². The van der Waals surface area contributed by atoms with Crippen LogP contribution < -0.4 is 5.32 Å². The Morgan fingerprint density at radius 3 is 2.84 bits per heavy atom. The normalized spacial score (nSPS) is 12.4. The molecule has 0 bridgehead atoms. The average molecular weight is 447 g/mol. The number of thioether (sulfide) groups is 1. The van der Waals surface area contributed by atoms with E-state index in [1.54, 1.807) is 0 Å². The molecule has 0 unspecified atom stereocenters. The Hall–Kier alpha value is -3.59. The number of carbonyl (C=O) groups is 1. The minimum atomic E-state index is -0.242. The van der Waals surface area contributed by atoms with Crippen molar-refractivity contribution >= 4 is 39.6 Å². The zero-order chi connectivity index (χ0) is 22.1. The number of fused-ring (bicyclic) bond motifs is 2. The second-order valence-electron chi connectivity index (χ2n) is 7.42. The molecule has 5 rings (SSSR count). The van der Waals surface area contributed by atoms with E-state index in [-0.39, 0.29) is 17.7 Å². The summed E-state index contributed by atoms with van der Waals surface area (Å²) in [5, 5.41) is 12.7. The van der Waals surface area contributed by atoms with E-state index in [1.165, 1.54) is 11.8 Å². The zero-order valence-corrected chi connectivity index (χ0v) is 18.5. The molecule has 5 aromatic rings. The summed E-state index contributed by atoms with van der Waals surface area (Å²) in [7, 11) is 0. The van der Waals surface area contributed by atoms with Crippen molar-refractivity contribution in [2.24, 2.45) is 0 Å². The standard InChI is InChI=1S/C23H22N6O2S/c1-3-29-18-11-7-4-8-15(18)12-19(29)22-27-28-23(31-22)32-13-20(30)24-14(2)21-25-16-9-5-6-10-17(16)26-21/h4-12,14H,3,13H2,1-2H3,(H,24,30)(H,25,26)/t14-/m0/s1. The monoisotopic (exact) mass is 446 g/mol. The van der Waals surface area contributed by atoms with Crippen molar-refractivity contribution in [3.05, 3.63) is 60.4 Å². The highest BCUT2D eigenvalue weighted by molar-refractivity contribution is 7.99. The minimum Gasteiger partial charge on any atom is -0.410 e. The van der Waals surface area contributed by atoms with Gasteiger partial charge >= 0.3 is 0 Å². The maximum Gasteiger partial charge on any atom is 0.277 e. The van der Waals surface area contributed by atoms with Gasteiger partial charge in [0.05, 0.1) is 22.8 Å². The van der Waals surface area contributed by atoms with Gasteiger partial charge in [0.1, 0.15) is 11.5 Å². The number of aromatic amines is 1. The number of benzene rings is 2. The Kier molecular flexibility index (Phi) is 5.40. The van der Waals surface area contributed by atoms with Crippen LogP contribution in [-0.2, 0) is 11.3 Å². The Morgan fingerprint density at radius 1 is 1.19 bits per heavy atom. The molecule has 0 saturated heterocycles. The highest BCUT2D eigenvalue weighted by Gasteiger charge is 2.18. The molecule has 3 aromatic heterocycles. The molecule has 0 radical (unpaired) electrons. The number of nitrogens with zero attached hydrogens (tertiary/aromatic N) is 4. The van der Waals surface area contributed by atoms with Gasteiger partial charge in [0.15, 0.2) is 0 Å². The number of carbonyl (C=O) groups excluding carboxylic acids is 1. The van der Waals surface area contributed by atoms with Gasteiger partial charge in [-0.05, 0) is 38.1 Å². The smallest absolute Gasteiger partial charge is 0.277 e. The fraction of sp³-hybridized carbons (Fsp3) is 0.217. The molecule has 1 amide bonds. The Labute approximate surface area is 188 Å². The number of hydrogen-bond acceptors (Lipinski definition) is 6. The van der Waals surface area contributed by atoms with Gasteiger partial charge in [0.25, 0.3) is 11.1 Å². The molecule has 0 fully saturated rings. The summed E-state index contributed by atoms with van der Waals surface area (Å²) in [5.41, 5.74) is 3.81. The van der Waals surface area contributed by atoms with Crippen molar-refractivity contribution in [3.8, 4) is 11.6 Å². The molecule has 0 saturated carbocycles. The highest BCUT2D eigenvalue weighted by atomic mass is 32.2. The van der Waals surface area contributed by atoms with Crippen LogP contribution in [0.25, 0.3) is 33.5 Å². The van der Waals surface area contributed by atoms with Gasteiger partial charge in [-0.1, -0.05) is 42.1 Å². The van der Waals surface area contributed by atoms with Crippen molar-refractivity contribution in [2.75, 3.05) is 5.75 Å². The van der Waals surface area contributed by atoms with Gasteiger partial charge in [-0.2, -0.15) is 0 Å². The van der Waals surface area contributed by atoms with Crippen molar-refractivity contribution in [2.45, 2.75) is 31.7 Å². The zero-order valence-electron chi connectivity index (χ0n) is 17.7. The van der Waals surface area contributed by atoms with E-state index in [0.29, 0.717) is 11.1 Å². The summed E-state index contributed by atoms with van der Waals surface area (Å²) in [6, 6.07) is 17.7. The molecular formula is C23H22N6O2S. The first-order valence-electron chi connectivity index (χ1n) is 10.4. The molecule has 0 aliphatic rings. The molecule has 9 heteroatoms. The number of imidazole rings is 1. The lowest BCUT2D eigenvalue weighted by molar-refractivity contribution is -0.119. The van der Waals surface area contributed by atoms with E-state index < -0.39 is 0 Å². The lowest BCUT2D eigenvalue weighted by Gasteiger charge is -2.10. The largest absolute Gasteiger partial charge is 0.410 e. The van der Waals surface area contributed by atoms with E-state index in [0.717, 1.165) is 40.0 Å². The molecule has 3 heterocycles. The number of hydrogen-bond donors (Lipinski definition) is 2. The van der Waals surface area contributed by atoms with Gasteiger partial charge in [-0.25, -0.2) is 4.98 Å². The summed E-state index contributed by atoms with van der Waals surface area (Å²) in [6.45, 7) is 4.76. The molecule has 0 spiro atoms. The molecular weight excluding hydrogens is 424 g/mol. The molecule has 2 N–H and O–H groups in total. The van der Waals surface area contributed by atoms with Gasteiger partial charge in [-0.3, -0.25) is 4.79 Å². The van der Waals surface area contributed by atoms with Crippen molar-refractivity contribution in [1.29, 1.82) is 0 Å². The minimum absolute atomic E-state index is 0.134. The van der Waals surface area contributed by atoms with Crippen molar-refractivity contribution in [1.82, 2.24) is 30.0 Å². The van der Waals surface area contributed by atoms with Crippen LogP contribution in [0.1, 0.15) is 25.7 Å². The number of rotatable bonds is 7. The van der Waals surface area contributed by atoms with Gasteiger partial charge in [0.2, 0.25) is 5.91 Å². The number of para-hydroxylation sites is 3. The Bertz CT molecular complexity index is 1370. The fourth-order valence-corrected chi connectivity index (χ4v) is 4.33. The summed E-state index contributed by atoms with van der Waals surface area (Å²) in [5.74, 6) is 1.20. The van der Waals surface area contributed by atoms with E-state index in [2.05, 4.69) is 49.1 Å². The molecule has 1 atom stereocenters. The number of amides is 1. The SMILES string of the molecule is CCn1c(-c2nnc(SCC(=O)N[C@@H](C)c3nc4ccccc4[nH]3)o2)cc2ccccc21. The highest BCUT2D eigenvalue weighted by Crippen LogP contribution is 2.29. The predicted octanol–water partition coefficient (Wildman–Crippen LogP) is 4.56. The fourth-order valence-electron chi connectivity index (χ4n) is 3.76. The Morgan fingerprint density at radius 2 is 2.00 bits per heavy atom. The van der Waals surface area contributed by atoms with E-state index in [9.17, 15) is 4.79 Å². The first-order chi connectivity index (χ1) is 15.6. The van der Waals surface area contributed by atoms with Gasteiger partial charge in [-0.15, -0.1) is 10.2 Å². The van der Waals surface area contributed by atoms with Crippen molar-refractivity contribution in [3.63, 3.8) is 0 Å². The number of aromatic nitrogens is 5. The van der Waals surface area contributed by atoms with E-state index >= 15 is 0 Å². The van der Waals surface area contributed by atoms with Crippen LogP contribution in [0.3, 0.4) is 0 Å². The van der Waals surface area contributed by atoms with Gasteiger partial charge < -0.3 is 19.3 Å². The first kappa shape index (κ1) is 20.3. The third-order valence-corrected chi connectivity index (χ3v) is 6.09. The van der Waals surface area contributed by atoms with Crippen LogP contribution in [0, 0.1) is 0 Å². The Balaban J connectivity index is 1.24. The summed E-state index contributed by atoms with van der Waals surface area (Å²) < 4.78 is 7.98. The third kappa shape index (κ3) is 3.87. The summed E-state index contributed by atoms with van der Waals surface area (Å²) in [6.07, 6.45) is 0. The maximum absolute atomic E-state index is 12.4. The lowest BCUT2D eigenvalue weighted by atomic mass is 10.2. The average Bonchev–Trinajstić information content (AvgIpc) is 3.53. The van der Waals surface area contributed by atoms with E-state index in [4.69, 9.17) is 4.42 Å². The maximum atomic E-state index is 12.4. The van der Waals surface area contributed by atoms with E-state index in [1.807, 2.05) is 49.4 Å². The number of H-pyrrole nitrogens is 1. The number of aryl methyl sites for hydroxylation is 1. The molecule has 162 valence electrons. The molecule has 2 aromatic carbocycles. The van der Waals surface area contributed by atoms with Crippen LogP contribution in [0.15, 0.2) is 64.2 Å². The number of nitrogens with one attached hydrogen (secondary N) is 2. The first-order valence-corrected chi connectivity index (χ1v) is 11.4. The van der Waals surface area contributed by atoms with Crippen LogP contribution in [0.2, 0.25) is 0 Å². The van der Waals surface area contributed by atoms with Crippen LogP contribution in [-0.4, -0.2) is 36.4 Å². The topological polar surface area (TPSA) is 102 Å².